The second kappa shape index (κ2) is 4.73. The molecule has 0 radical (unpaired) electrons. The van der Waals surface area contributed by atoms with E-state index in [1.165, 1.54) is 24.1 Å². The van der Waals surface area contributed by atoms with Gasteiger partial charge in [0, 0.05) is 0 Å². The lowest BCUT2D eigenvalue weighted by Crippen LogP contribution is -2.34. The number of halogens is 1. The van der Waals surface area contributed by atoms with Gasteiger partial charge < -0.3 is 4.74 Å². The molecule has 2 amide bonds. The summed E-state index contributed by atoms with van der Waals surface area (Å²) in [5, 5.41) is 0.230. The molecule has 25 heavy (non-hydrogen) atoms. The lowest BCUT2D eigenvalue weighted by molar-refractivity contribution is -0.123. The highest BCUT2D eigenvalue weighted by molar-refractivity contribution is 6.34. The zero-order valence-corrected chi connectivity index (χ0v) is 14.3. The summed E-state index contributed by atoms with van der Waals surface area (Å²) in [5.41, 5.74) is 0.710. The number of allylic oxidation sites excluding steroid dienone is 2. The Balaban J connectivity index is 1.54. The highest BCUT2D eigenvalue weighted by Crippen LogP contribution is 2.73. The summed E-state index contributed by atoms with van der Waals surface area (Å²) in [4.78, 5) is 39.2. The van der Waals surface area contributed by atoms with Crippen LogP contribution in [-0.4, -0.2) is 24.9 Å². The van der Waals surface area contributed by atoms with Crippen LogP contribution in [0.5, 0.6) is 0 Å². The summed E-state index contributed by atoms with van der Waals surface area (Å²) in [6.07, 6.45) is 6.48. The van der Waals surface area contributed by atoms with Crippen molar-refractivity contribution in [1.29, 1.82) is 0 Å². The SMILES string of the molecule is COC(=O)c1cc(N2C(=O)[C@@H]3[C@H](C2=O)[C@H]2C=C[C@@H]3C23CC3)ccc1Cl. The molecule has 1 spiro atoms. The predicted octanol–water partition coefficient (Wildman–Crippen LogP) is 2.83. The molecular weight excluding hydrogens is 342 g/mol. The molecule has 0 aromatic heterocycles. The number of methoxy groups -OCH3 is 1. The fourth-order valence-corrected chi connectivity index (χ4v) is 5.45. The Hall–Kier alpha value is -2.14. The van der Waals surface area contributed by atoms with Crippen molar-refractivity contribution in [3.8, 4) is 0 Å². The molecule has 1 aromatic carbocycles. The summed E-state index contributed by atoms with van der Waals surface area (Å²) >= 11 is 6.05. The number of anilines is 1. The van der Waals surface area contributed by atoms with Crippen LogP contribution in [0.15, 0.2) is 30.4 Å². The molecule has 6 heteroatoms. The molecule has 4 aliphatic rings. The van der Waals surface area contributed by atoms with E-state index in [9.17, 15) is 14.4 Å². The largest absolute Gasteiger partial charge is 0.465 e. The van der Waals surface area contributed by atoms with Gasteiger partial charge in [0.15, 0.2) is 0 Å². The van der Waals surface area contributed by atoms with E-state index in [4.69, 9.17) is 16.3 Å². The normalized spacial score (nSPS) is 33.3. The quantitative estimate of drug-likeness (QED) is 0.464. The summed E-state index contributed by atoms with van der Waals surface area (Å²) in [7, 11) is 1.26. The van der Waals surface area contributed by atoms with Crippen molar-refractivity contribution in [2.45, 2.75) is 12.8 Å². The number of benzene rings is 1. The van der Waals surface area contributed by atoms with Crippen LogP contribution in [-0.2, 0) is 14.3 Å². The van der Waals surface area contributed by atoms with E-state index >= 15 is 0 Å². The third-order valence-corrected chi connectivity index (χ3v) is 6.80. The van der Waals surface area contributed by atoms with Gasteiger partial charge in [-0.3, -0.25) is 9.59 Å². The molecule has 4 atom stereocenters. The molecule has 0 N–H and O–H groups in total. The number of hydrogen-bond donors (Lipinski definition) is 0. The minimum Gasteiger partial charge on any atom is -0.465 e. The number of amides is 2. The van der Waals surface area contributed by atoms with Gasteiger partial charge in [0.05, 0.1) is 35.2 Å². The second-order valence-corrected chi connectivity index (χ2v) is 7.80. The summed E-state index contributed by atoms with van der Waals surface area (Å²) in [6, 6.07) is 4.59. The van der Waals surface area contributed by atoms with E-state index in [-0.39, 0.29) is 51.5 Å². The van der Waals surface area contributed by atoms with Gasteiger partial charge in [-0.1, -0.05) is 23.8 Å². The van der Waals surface area contributed by atoms with Crippen LogP contribution in [0, 0.1) is 29.1 Å². The van der Waals surface area contributed by atoms with E-state index in [0.29, 0.717) is 5.69 Å². The number of nitrogens with zero attached hydrogens (tertiary/aromatic N) is 1. The summed E-state index contributed by atoms with van der Waals surface area (Å²) in [5.74, 6) is -1.07. The van der Waals surface area contributed by atoms with Gasteiger partial charge in [-0.05, 0) is 48.3 Å². The van der Waals surface area contributed by atoms with Crippen LogP contribution in [0.4, 0.5) is 5.69 Å². The Morgan fingerprint density at radius 3 is 2.28 bits per heavy atom. The minimum atomic E-state index is -0.593. The van der Waals surface area contributed by atoms with Crippen LogP contribution >= 0.6 is 11.6 Å². The summed E-state index contributed by atoms with van der Waals surface area (Å²) < 4.78 is 4.72. The molecule has 3 aliphatic carbocycles. The Morgan fingerprint density at radius 1 is 1.16 bits per heavy atom. The molecule has 5 nitrogen and oxygen atoms in total. The lowest BCUT2D eigenvalue weighted by atomic mass is 9.85. The highest BCUT2D eigenvalue weighted by Gasteiger charge is 2.73. The molecule has 1 saturated heterocycles. The molecule has 3 fully saturated rings. The molecule has 0 unspecified atom stereocenters. The number of carbonyl (C=O) groups excluding carboxylic acids is 3. The third-order valence-electron chi connectivity index (χ3n) is 6.47. The first-order valence-electron chi connectivity index (χ1n) is 8.43. The van der Waals surface area contributed by atoms with Gasteiger partial charge >= 0.3 is 5.97 Å². The first-order chi connectivity index (χ1) is 12.0. The number of rotatable bonds is 2. The van der Waals surface area contributed by atoms with Gasteiger partial charge in [-0.2, -0.15) is 0 Å². The van der Waals surface area contributed by atoms with E-state index in [0.717, 1.165) is 12.8 Å². The van der Waals surface area contributed by atoms with Crippen molar-refractivity contribution in [3.63, 3.8) is 0 Å². The van der Waals surface area contributed by atoms with Crippen LogP contribution in [0.3, 0.4) is 0 Å². The smallest absolute Gasteiger partial charge is 0.339 e. The number of imide groups is 1. The van der Waals surface area contributed by atoms with Crippen molar-refractivity contribution < 1.29 is 19.1 Å². The second-order valence-electron chi connectivity index (χ2n) is 7.39. The van der Waals surface area contributed by atoms with Gasteiger partial charge in [0.25, 0.3) is 0 Å². The van der Waals surface area contributed by atoms with Crippen molar-refractivity contribution in [2.75, 3.05) is 12.0 Å². The van der Waals surface area contributed by atoms with E-state index in [1.807, 2.05) is 0 Å². The van der Waals surface area contributed by atoms with E-state index in [2.05, 4.69) is 12.2 Å². The van der Waals surface area contributed by atoms with Crippen LogP contribution < -0.4 is 4.90 Å². The zero-order valence-electron chi connectivity index (χ0n) is 13.6. The van der Waals surface area contributed by atoms with Gasteiger partial charge in [0.2, 0.25) is 11.8 Å². The number of ether oxygens (including phenoxy) is 1. The lowest BCUT2D eigenvalue weighted by Gasteiger charge is -2.22. The topological polar surface area (TPSA) is 63.7 Å². The van der Waals surface area contributed by atoms with Crippen molar-refractivity contribution in [3.05, 3.63) is 40.9 Å². The number of esters is 1. The Labute approximate surface area is 149 Å². The Bertz CT molecular complexity index is 838. The molecule has 1 aromatic rings. The number of hydrogen-bond acceptors (Lipinski definition) is 4. The van der Waals surface area contributed by atoms with Gasteiger partial charge in [0.1, 0.15) is 0 Å². The first kappa shape index (κ1) is 15.1. The summed E-state index contributed by atoms with van der Waals surface area (Å²) in [6.45, 7) is 0. The third kappa shape index (κ3) is 1.72. The van der Waals surface area contributed by atoms with Gasteiger partial charge in [-0.25, -0.2) is 9.69 Å². The highest BCUT2D eigenvalue weighted by atomic mass is 35.5. The maximum absolute atomic E-state index is 13.1. The van der Waals surface area contributed by atoms with E-state index < -0.39 is 5.97 Å². The van der Waals surface area contributed by atoms with Crippen LogP contribution in [0.25, 0.3) is 0 Å². The fourth-order valence-electron chi connectivity index (χ4n) is 5.25. The maximum Gasteiger partial charge on any atom is 0.339 e. The molecule has 5 rings (SSSR count). The van der Waals surface area contributed by atoms with Crippen LogP contribution in [0.1, 0.15) is 23.2 Å². The first-order valence-corrected chi connectivity index (χ1v) is 8.81. The molecule has 1 heterocycles. The Morgan fingerprint density at radius 2 is 1.76 bits per heavy atom. The molecule has 128 valence electrons. The standard InChI is InChI=1S/C19H16ClNO4/c1-25-18(24)10-8-9(2-5-13(10)20)21-16(22)14-11-3-4-12(15(14)17(21)23)19(11)6-7-19/h2-5,8,11-12,14-15H,6-7H2,1H3/t11-,12+,14-,15+. The average Bonchev–Trinajstić information content (AvgIpc) is 3.20. The molecule has 1 aliphatic heterocycles. The monoisotopic (exact) mass is 357 g/mol. The number of carbonyl (C=O) groups is 3. The molecular formula is C19H16ClNO4. The van der Waals surface area contributed by atoms with Crippen molar-refractivity contribution in [1.82, 2.24) is 0 Å². The van der Waals surface area contributed by atoms with Crippen molar-refractivity contribution >= 4 is 35.1 Å². The zero-order chi connectivity index (χ0) is 17.5. The molecule has 2 bridgehead atoms. The predicted molar refractivity (Wildman–Crippen MR) is 90.1 cm³/mol. The number of fused-ring (bicyclic) bond motifs is 3. The van der Waals surface area contributed by atoms with Crippen molar-refractivity contribution in [2.24, 2.45) is 29.1 Å². The van der Waals surface area contributed by atoms with E-state index in [1.54, 1.807) is 6.07 Å². The Kier molecular flexibility index (Phi) is 2.86. The minimum absolute atomic E-state index is 0.152. The maximum atomic E-state index is 13.1. The fraction of sp³-hybridized carbons (Fsp3) is 0.421. The molecule has 2 saturated carbocycles. The average molecular weight is 358 g/mol. The van der Waals surface area contributed by atoms with Gasteiger partial charge in [-0.15, -0.1) is 0 Å². The van der Waals surface area contributed by atoms with Crippen LogP contribution in [0.2, 0.25) is 5.02 Å².